The van der Waals surface area contributed by atoms with Crippen LogP contribution >= 0.6 is 23.4 Å². The van der Waals surface area contributed by atoms with Gasteiger partial charge >= 0.3 is 0 Å². The number of halogens is 1. The molecule has 3 rings (SSSR count). The number of nitrogens with zero attached hydrogens (tertiary/aromatic N) is 4. The zero-order chi connectivity index (χ0) is 16.4. The van der Waals surface area contributed by atoms with Gasteiger partial charge in [0.1, 0.15) is 11.4 Å². The maximum Gasteiger partial charge on any atom is 0.187 e. The van der Waals surface area contributed by atoms with Crippen molar-refractivity contribution in [2.75, 3.05) is 13.4 Å². The van der Waals surface area contributed by atoms with Crippen molar-refractivity contribution in [3.8, 4) is 28.3 Å². The van der Waals surface area contributed by atoms with Gasteiger partial charge in [0.05, 0.1) is 12.8 Å². The molecule has 0 aliphatic heterocycles. The van der Waals surface area contributed by atoms with E-state index in [-0.39, 0.29) is 0 Å². The van der Waals surface area contributed by atoms with Crippen LogP contribution in [-0.2, 0) is 7.05 Å². The second-order valence-electron chi connectivity index (χ2n) is 4.87. The molecule has 0 spiro atoms. The lowest BCUT2D eigenvalue weighted by atomic mass is 10.1. The number of hydrogen-bond acceptors (Lipinski definition) is 5. The SMILES string of the molecule is COc1cc(Cl)cc(-c2nn(C)cc2-c2ccnc(SC)n2)c1. The molecular weight excluding hydrogens is 332 g/mol. The first kappa shape index (κ1) is 15.8. The van der Waals surface area contributed by atoms with Gasteiger partial charge in [-0.15, -0.1) is 0 Å². The monoisotopic (exact) mass is 346 g/mol. The maximum atomic E-state index is 6.19. The Balaban J connectivity index is 2.16. The minimum absolute atomic E-state index is 0.600. The van der Waals surface area contributed by atoms with E-state index >= 15 is 0 Å². The average Bonchev–Trinajstić information content (AvgIpc) is 2.96. The van der Waals surface area contributed by atoms with Gasteiger partial charge in [0, 0.05) is 35.6 Å². The van der Waals surface area contributed by atoms with E-state index in [9.17, 15) is 0 Å². The van der Waals surface area contributed by atoms with Crippen LogP contribution in [0.4, 0.5) is 0 Å². The minimum Gasteiger partial charge on any atom is -0.497 e. The van der Waals surface area contributed by atoms with Gasteiger partial charge in [-0.2, -0.15) is 5.10 Å². The summed E-state index contributed by atoms with van der Waals surface area (Å²) in [7, 11) is 3.50. The van der Waals surface area contributed by atoms with Gasteiger partial charge in [-0.05, 0) is 30.5 Å². The van der Waals surface area contributed by atoms with Gasteiger partial charge in [0.15, 0.2) is 5.16 Å². The number of hydrogen-bond donors (Lipinski definition) is 0. The van der Waals surface area contributed by atoms with Crippen LogP contribution < -0.4 is 4.74 Å². The Kier molecular flexibility index (Phi) is 4.54. The first-order valence-electron chi connectivity index (χ1n) is 6.86. The van der Waals surface area contributed by atoms with Crippen LogP contribution in [0, 0.1) is 0 Å². The Labute approximate surface area is 143 Å². The highest BCUT2D eigenvalue weighted by atomic mass is 35.5. The molecule has 2 aromatic heterocycles. The zero-order valence-electron chi connectivity index (χ0n) is 12.9. The van der Waals surface area contributed by atoms with E-state index in [1.54, 1.807) is 24.1 Å². The van der Waals surface area contributed by atoms with Crippen LogP contribution in [0.1, 0.15) is 0 Å². The summed E-state index contributed by atoms with van der Waals surface area (Å²) in [5, 5.41) is 5.89. The summed E-state index contributed by atoms with van der Waals surface area (Å²) in [6.45, 7) is 0. The Bertz CT molecular complexity index is 850. The lowest BCUT2D eigenvalue weighted by Crippen LogP contribution is -1.91. The Hall–Kier alpha value is -2.05. The van der Waals surface area contributed by atoms with Crippen LogP contribution in [0.5, 0.6) is 5.75 Å². The molecule has 2 heterocycles. The topological polar surface area (TPSA) is 52.8 Å². The number of benzene rings is 1. The molecule has 0 aliphatic carbocycles. The van der Waals surface area contributed by atoms with E-state index in [4.69, 9.17) is 16.3 Å². The fourth-order valence-corrected chi connectivity index (χ4v) is 2.88. The van der Waals surface area contributed by atoms with Gasteiger partial charge in [-0.1, -0.05) is 23.4 Å². The maximum absolute atomic E-state index is 6.19. The van der Waals surface area contributed by atoms with Crippen LogP contribution in [0.25, 0.3) is 22.5 Å². The normalized spacial score (nSPS) is 10.8. The molecule has 0 saturated heterocycles. The predicted molar refractivity (Wildman–Crippen MR) is 93.0 cm³/mol. The summed E-state index contributed by atoms with van der Waals surface area (Å²) in [4.78, 5) is 8.78. The lowest BCUT2D eigenvalue weighted by molar-refractivity contribution is 0.415. The van der Waals surface area contributed by atoms with Gasteiger partial charge in [-0.25, -0.2) is 9.97 Å². The minimum atomic E-state index is 0.600. The molecule has 0 unspecified atom stereocenters. The molecule has 5 nitrogen and oxygen atoms in total. The van der Waals surface area contributed by atoms with Crippen LogP contribution in [-0.4, -0.2) is 33.1 Å². The largest absolute Gasteiger partial charge is 0.497 e. The summed E-state index contributed by atoms with van der Waals surface area (Å²) in [6.07, 6.45) is 5.64. The molecule has 1 aromatic carbocycles. The van der Waals surface area contributed by atoms with E-state index in [0.29, 0.717) is 10.8 Å². The highest BCUT2D eigenvalue weighted by molar-refractivity contribution is 7.98. The van der Waals surface area contributed by atoms with Gasteiger partial charge in [0.25, 0.3) is 0 Å². The first-order chi connectivity index (χ1) is 11.1. The summed E-state index contributed by atoms with van der Waals surface area (Å²) in [5.74, 6) is 0.691. The van der Waals surface area contributed by atoms with E-state index in [2.05, 4.69) is 15.1 Å². The molecular formula is C16H15ClN4OS. The van der Waals surface area contributed by atoms with E-state index in [0.717, 1.165) is 27.7 Å². The van der Waals surface area contributed by atoms with Crippen molar-refractivity contribution < 1.29 is 4.74 Å². The third-order valence-electron chi connectivity index (χ3n) is 3.30. The number of rotatable bonds is 4. The number of ether oxygens (including phenoxy) is 1. The van der Waals surface area contributed by atoms with Crippen LogP contribution in [0.3, 0.4) is 0 Å². The molecule has 0 aliphatic rings. The third kappa shape index (κ3) is 3.33. The molecule has 0 bridgehead atoms. The van der Waals surface area contributed by atoms with Crippen molar-refractivity contribution in [1.82, 2.24) is 19.7 Å². The second kappa shape index (κ2) is 6.60. The number of methoxy groups -OCH3 is 1. The molecule has 0 radical (unpaired) electrons. The van der Waals surface area contributed by atoms with Crippen molar-refractivity contribution in [1.29, 1.82) is 0 Å². The number of aromatic nitrogens is 4. The number of aryl methyl sites for hydroxylation is 1. The molecule has 0 fully saturated rings. The van der Waals surface area contributed by atoms with Crippen molar-refractivity contribution in [3.63, 3.8) is 0 Å². The molecule has 23 heavy (non-hydrogen) atoms. The first-order valence-corrected chi connectivity index (χ1v) is 8.47. The Morgan fingerprint density at radius 3 is 2.83 bits per heavy atom. The summed E-state index contributed by atoms with van der Waals surface area (Å²) >= 11 is 7.69. The average molecular weight is 347 g/mol. The highest BCUT2D eigenvalue weighted by Gasteiger charge is 2.15. The van der Waals surface area contributed by atoms with Gasteiger partial charge in [-0.3, -0.25) is 4.68 Å². The lowest BCUT2D eigenvalue weighted by Gasteiger charge is -2.06. The van der Waals surface area contributed by atoms with Crippen molar-refractivity contribution in [3.05, 3.63) is 41.7 Å². The molecule has 0 amide bonds. The third-order valence-corrected chi connectivity index (χ3v) is 4.08. The van der Waals surface area contributed by atoms with Gasteiger partial charge in [0.2, 0.25) is 0 Å². The molecule has 118 valence electrons. The second-order valence-corrected chi connectivity index (χ2v) is 6.08. The molecule has 0 N–H and O–H groups in total. The standard InChI is InChI=1S/C16H15ClN4OS/c1-21-9-13(14-4-5-18-16(19-14)23-3)15(20-21)10-6-11(17)8-12(7-10)22-2/h4-9H,1-3H3. The zero-order valence-corrected chi connectivity index (χ0v) is 14.5. The quantitative estimate of drug-likeness (QED) is 0.529. The van der Waals surface area contributed by atoms with Crippen molar-refractivity contribution >= 4 is 23.4 Å². The van der Waals surface area contributed by atoms with Crippen molar-refractivity contribution in [2.24, 2.45) is 7.05 Å². The number of thioether (sulfide) groups is 1. The molecule has 7 heteroatoms. The molecule has 0 atom stereocenters. The van der Waals surface area contributed by atoms with Crippen LogP contribution in [0.2, 0.25) is 5.02 Å². The Morgan fingerprint density at radius 1 is 1.26 bits per heavy atom. The smallest absolute Gasteiger partial charge is 0.187 e. The van der Waals surface area contributed by atoms with E-state index in [1.165, 1.54) is 11.8 Å². The summed E-state index contributed by atoms with van der Waals surface area (Å²) in [5.41, 5.74) is 3.44. The summed E-state index contributed by atoms with van der Waals surface area (Å²) in [6, 6.07) is 7.42. The van der Waals surface area contributed by atoms with E-state index in [1.807, 2.05) is 37.7 Å². The molecule has 0 saturated carbocycles. The van der Waals surface area contributed by atoms with Gasteiger partial charge < -0.3 is 4.74 Å². The summed E-state index contributed by atoms with van der Waals surface area (Å²) < 4.78 is 7.06. The van der Waals surface area contributed by atoms with Crippen LogP contribution in [0.15, 0.2) is 41.8 Å². The van der Waals surface area contributed by atoms with E-state index < -0.39 is 0 Å². The molecule has 3 aromatic rings. The van der Waals surface area contributed by atoms with Crippen molar-refractivity contribution in [2.45, 2.75) is 5.16 Å². The fraction of sp³-hybridized carbons (Fsp3) is 0.188. The fourth-order valence-electron chi connectivity index (χ4n) is 2.30. The Morgan fingerprint density at radius 2 is 2.09 bits per heavy atom. The predicted octanol–water partition coefficient (Wildman–Crippen LogP) is 3.93. The highest BCUT2D eigenvalue weighted by Crippen LogP contribution is 2.34.